The van der Waals surface area contributed by atoms with Gasteiger partial charge in [-0.05, 0) is 41.3 Å². The zero-order chi connectivity index (χ0) is 14.5. The Balaban J connectivity index is 2.01. The summed E-state index contributed by atoms with van der Waals surface area (Å²) in [5.41, 5.74) is 2.39. The summed E-state index contributed by atoms with van der Waals surface area (Å²) in [6.07, 6.45) is 0. The summed E-state index contributed by atoms with van der Waals surface area (Å²) in [6.45, 7) is 4.66. The minimum atomic E-state index is -0.923. The van der Waals surface area contributed by atoms with Gasteiger partial charge in [0.25, 0.3) is 0 Å². The average Bonchev–Trinajstić information content (AvgIpc) is 2.46. The lowest BCUT2D eigenvalue weighted by Gasteiger charge is -2.09. The highest BCUT2D eigenvalue weighted by Crippen LogP contribution is 2.19. The molecule has 0 aliphatic heterocycles. The molecule has 2 rings (SSSR count). The summed E-state index contributed by atoms with van der Waals surface area (Å²) < 4.78 is 5.67. The van der Waals surface area contributed by atoms with Gasteiger partial charge in [-0.2, -0.15) is 0 Å². The van der Waals surface area contributed by atoms with Gasteiger partial charge < -0.3 is 9.84 Å². The van der Waals surface area contributed by atoms with Gasteiger partial charge in [-0.3, -0.25) is 0 Å². The van der Waals surface area contributed by atoms with E-state index in [2.05, 4.69) is 13.8 Å². The van der Waals surface area contributed by atoms with Crippen molar-refractivity contribution >= 4 is 5.97 Å². The smallest absolute Gasteiger partial charge is 0.335 e. The number of carbonyl (C=O) groups is 1. The van der Waals surface area contributed by atoms with Crippen LogP contribution in [0, 0.1) is 0 Å². The molecule has 0 atom stereocenters. The summed E-state index contributed by atoms with van der Waals surface area (Å²) in [7, 11) is 0. The van der Waals surface area contributed by atoms with Crippen molar-refractivity contribution in [1.82, 2.24) is 0 Å². The van der Waals surface area contributed by atoms with Crippen LogP contribution in [0.5, 0.6) is 5.75 Å². The van der Waals surface area contributed by atoms with Crippen LogP contribution in [0.4, 0.5) is 0 Å². The quantitative estimate of drug-likeness (QED) is 0.890. The topological polar surface area (TPSA) is 46.5 Å². The SMILES string of the molecule is CC(C)c1ccc(OCc2cccc(C(=O)O)c2)cc1. The lowest BCUT2D eigenvalue weighted by Crippen LogP contribution is -2.00. The van der Waals surface area contributed by atoms with Crippen molar-refractivity contribution in [2.24, 2.45) is 0 Å². The molecule has 0 saturated heterocycles. The second-order valence-electron chi connectivity index (χ2n) is 5.02. The monoisotopic (exact) mass is 270 g/mol. The number of carboxylic acids is 1. The molecular formula is C17H18O3. The van der Waals surface area contributed by atoms with Crippen molar-refractivity contribution < 1.29 is 14.6 Å². The van der Waals surface area contributed by atoms with E-state index in [1.807, 2.05) is 30.3 Å². The molecule has 0 spiro atoms. The van der Waals surface area contributed by atoms with Crippen molar-refractivity contribution in [2.45, 2.75) is 26.4 Å². The van der Waals surface area contributed by atoms with Crippen LogP contribution >= 0.6 is 0 Å². The van der Waals surface area contributed by atoms with E-state index in [-0.39, 0.29) is 5.56 Å². The third kappa shape index (κ3) is 3.60. The summed E-state index contributed by atoms with van der Waals surface area (Å²) in [4.78, 5) is 10.9. The van der Waals surface area contributed by atoms with E-state index >= 15 is 0 Å². The van der Waals surface area contributed by atoms with Gasteiger partial charge in [0, 0.05) is 0 Å². The summed E-state index contributed by atoms with van der Waals surface area (Å²) in [5, 5.41) is 8.94. The fourth-order valence-corrected chi connectivity index (χ4v) is 1.91. The molecule has 0 aliphatic carbocycles. The van der Waals surface area contributed by atoms with Gasteiger partial charge in [-0.1, -0.05) is 38.1 Å². The average molecular weight is 270 g/mol. The molecule has 0 aliphatic rings. The van der Waals surface area contributed by atoms with Crippen LogP contribution in [-0.4, -0.2) is 11.1 Å². The van der Waals surface area contributed by atoms with Gasteiger partial charge in [-0.15, -0.1) is 0 Å². The normalized spacial score (nSPS) is 10.6. The maximum Gasteiger partial charge on any atom is 0.335 e. The minimum Gasteiger partial charge on any atom is -0.489 e. The van der Waals surface area contributed by atoms with Gasteiger partial charge in [-0.25, -0.2) is 4.79 Å². The van der Waals surface area contributed by atoms with Gasteiger partial charge in [0.1, 0.15) is 12.4 Å². The Morgan fingerprint density at radius 2 is 1.85 bits per heavy atom. The fourth-order valence-electron chi connectivity index (χ4n) is 1.91. The molecule has 104 valence electrons. The zero-order valence-corrected chi connectivity index (χ0v) is 11.7. The predicted molar refractivity (Wildman–Crippen MR) is 78.3 cm³/mol. The summed E-state index contributed by atoms with van der Waals surface area (Å²) in [5.74, 6) is 0.361. The number of ether oxygens (including phenoxy) is 1. The molecule has 2 aromatic carbocycles. The van der Waals surface area contributed by atoms with Crippen LogP contribution in [0.2, 0.25) is 0 Å². The van der Waals surface area contributed by atoms with E-state index in [0.717, 1.165) is 11.3 Å². The molecule has 3 heteroatoms. The standard InChI is InChI=1S/C17H18O3/c1-12(2)14-6-8-16(9-7-14)20-11-13-4-3-5-15(10-13)17(18)19/h3-10,12H,11H2,1-2H3,(H,18,19). The van der Waals surface area contributed by atoms with Crippen LogP contribution in [0.3, 0.4) is 0 Å². The van der Waals surface area contributed by atoms with E-state index in [1.54, 1.807) is 18.2 Å². The molecule has 20 heavy (non-hydrogen) atoms. The lowest BCUT2D eigenvalue weighted by molar-refractivity contribution is 0.0696. The minimum absolute atomic E-state index is 0.279. The molecule has 0 aromatic heterocycles. The zero-order valence-electron chi connectivity index (χ0n) is 11.7. The van der Waals surface area contributed by atoms with Gasteiger partial charge in [0.2, 0.25) is 0 Å². The van der Waals surface area contributed by atoms with Crippen molar-refractivity contribution in [1.29, 1.82) is 0 Å². The summed E-state index contributed by atoms with van der Waals surface area (Å²) >= 11 is 0. The van der Waals surface area contributed by atoms with Crippen LogP contribution in [0.25, 0.3) is 0 Å². The maximum atomic E-state index is 10.9. The Labute approximate surface area is 118 Å². The van der Waals surface area contributed by atoms with E-state index in [0.29, 0.717) is 12.5 Å². The van der Waals surface area contributed by atoms with Crippen LogP contribution < -0.4 is 4.74 Å². The number of hydrogen-bond donors (Lipinski definition) is 1. The molecule has 0 radical (unpaired) electrons. The number of rotatable bonds is 5. The van der Waals surface area contributed by atoms with Gasteiger partial charge in [0.05, 0.1) is 5.56 Å². The second-order valence-corrected chi connectivity index (χ2v) is 5.02. The molecule has 0 saturated carbocycles. The molecule has 0 fully saturated rings. The lowest BCUT2D eigenvalue weighted by atomic mass is 10.0. The molecule has 1 N–H and O–H groups in total. The Hall–Kier alpha value is -2.29. The molecular weight excluding hydrogens is 252 g/mol. The van der Waals surface area contributed by atoms with Gasteiger partial charge >= 0.3 is 5.97 Å². The van der Waals surface area contributed by atoms with Crippen molar-refractivity contribution in [3.8, 4) is 5.75 Å². The molecule has 0 unspecified atom stereocenters. The Kier molecular flexibility index (Phi) is 4.41. The highest BCUT2D eigenvalue weighted by molar-refractivity contribution is 5.87. The highest BCUT2D eigenvalue weighted by Gasteiger charge is 2.04. The largest absolute Gasteiger partial charge is 0.489 e. The van der Waals surface area contributed by atoms with E-state index < -0.39 is 5.97 Å². The molecule has 0 amide bonds. The van der Waals surface area contributed by atoms with Gasteiger partial charge in [0.15, 0.2) is 0 Å². The van der Waals surface area contributed by atoms with Crippen LogP contribution in [-0.2, 0) is 6.61 Å². The molecule has 2 aromatic rings. The second kappa shape index (κ2) is 6.24. The Morgan fingerprint density at radius 1 is 1.15 bits per heavy atom. The fraction of sp³-hybridized carbons (Fsp3) is 0.235. The van der Waals surface area contributed by atoms with Crippen LogP contribution in [0.15, 0.2) is 48.5 Å². The van der Waals surface area contributed by atoms with Crippen LogP contribution in [0.1, 0.15) is 41.3 Å². The predicted octanol–water partition coefficient (Wildman–Crippen LogP) is 4.09. The molecule has 0 heterocycles. The first kappa shape index (κ1) is 14.1. The third-order valence-corrected chi connectivity index (χ3v) is 3.13. The van der Waals surface area contributed by atoms with E-state index in [1.165, 1.54) is 5.56 Å². The summed E-state index contributed by atoms with van der Waals surface area (Å²) in [6, 6.07) is 14.8. The molecule has 3 nitrogen and oxygen atoms in total. The Morgan fingerprint density at radius 3 is 2.45 bits per heavy atom. The maximum absolute atomic E-state index is 10.9. The van der Waals surface area contributed by atoms with E-state index in [9.17, 15) is 4.79 Å². The van der Waals surface area contributed by atoms with Crippen molar-refractivity contribution in [3.05, 3.63) is 65.2 Å². The number of hydrogen-bond acceptors (Lipinski definition) is 2. The number of benzene rings is 2. The first-order chi connectivity index (χ1) is 9.56. The van der Waals surface area contributed by atoms with Crippen molar-refractivity contribution in [2.75, 3.05) is 0 Å². The third-order valence-electron chi connectivity index (χ3n) is 3.13. The van der Waals surface area contributed by atoms with Crippen molar-refractivity contribution in [3.63, 3.8) is 0 Å². The first-order valence-corrected chi connectivity index (χ1v) is 6.61. The molecule has 0 bridgehead atoms. The Bertz CT molecular complexity index is 585. The number of carboxylic acid groups (broad SMARTS) is 1. The first-order valence-electron chi connectivity index (χ1n) is 6.61. The highest BCUT2D eigenvalue weighted by atomic mass is 16.5. The van der Waals surface area contributed by atoms with E-state index in [4.69, 9.17) is 9.84 Å². The number of aromatic carboxylic acids is 1.